The Labute approximate surface area is 202 Å². The number of benzene rings is 3. The molecule has 1 N–H and O–H groups in total. The van der Waals surface area contributed by atoms with Gasteiger partial charge in [-0.15, -0.1) is 24.8 Å². The van der Waals surface area contributed by atoms with Gasteiger partial charge in [0, 0.05) is 24.7 Å². The van der Waals surface area contributed by atoms with Crippen molar-refractivity contribution in [2.75, 3.05) is 13.1 Å². The topological polar surface area (TPSA) is 24.5 Å². The van der Waals surface area contributed by atoms with Crippen LogP contribution in [-0.4, -0.2) is 24.0 Å². The number of hydrogen-bond acceptors (Lipinski definition) is 3. The van der Waals surface area contributed by atoms with Crippen LogP contribution in [-0.2, 0) is 19.7 Å². The monoisotopic (exact) mass is 476 g/mol. The SMILES string of the molecule is Cl.Cl.Fc1ccc(COc2ccccc2CNC2CCN(Cc3ccccc3)CC2)cc1. The Morgan fingerprint density at radius 3 is 2.19 bits per heavy atom. The van der Waals surface area contributed by atoms with Gasteiger partial charge in [-0.3, -0.25) is 4.90 Å². The summed E-state index contributed by atoms with van der Waals surface area (Å²) in [6.45, 7) is 4.51. The molecule has 4 rings (SSSR count). The van der Waals surface area contributed by atoms with E-state index in [1.54, 1.807) is 12.1 Å². The largest absolute Gasteiger partial charge is 0.489 e. The zero-order valence-corrected chi connectivity index (χ0v) is 19.7. The minimum Gasteiger partial charge on any atom is -0.489 e. The second-order valence-corrected chi connectivity index (χ2v) is 7.94. The molecular weight excluding hydrogens is 446 g/mol. The van der Waals surface area contributed by atoms with Crippen molar-refractivity contribution in [1.29, 1.82) is 0 Å². The van der Waals surface area contributed by atoms with E-state index in [0.717, 1.165) is 55.9 Å². The van der Waals surface area contributed by atoms with Crippen molar-refractivity contribution in [3.8, 4) is 5.75 Å². The molecule has 0 spiro atoms. The average Bonchev–Trinajstić information content (AvgIpc) is 2.79. The number of halogens is 3. The van der Waals surface area contributed by atoms with Crippen molar-refractivity contribution >= 4 is 24.8 Å². The van der Waals surface area contributed by atoms with Crippen LogP contribution in [0.2, 0.25) is 0 Å². The summed E-state index contributed by atoms with van der Waals surface area (Å²) in [5, 5.41) is 3.71. The molecule has 1 fully saturated rings. The van der Waals surface area contributed by atoms with Gasteiger partial charge in [0.25, 0.3) is 0 Å². The lowest BCUT2D eigenvalue weighted by Gasteiger charge is -2.32. The highest BCUT2D eigenvalue weighted by Crippen LogP contribution is 2.21. The molecule has 32 heavy (non-hydrogen) atoms. The number of para-hydroxylation sites is 1. The summed E-state index contributed by atoms with van der Waals surface area (Å²) >= 11 is 0. The fraction of sp³-hybridized carbons (Fsp3) is 0.308. The Kier molecular flexibility index (Phi) is 11.0. The Morgan fingerprint density at radius 1 is 0.812 bits per heavy atom. The summed E-state index contributed by atoms with van der Waals surface area (Å²) < 4.78 is 19.1. The first-order chi connectivity index (χ1) is 14.8. The second-order valence-electron chi connectivity index (χ2n) is 7.94. The maximum Gasteiger partial charge on any atom is 0.124 e. The van der Waals surface area contributed by atoms with Crippen LogP contribution < -0.4 is 10.1 Å². The molecule has 0 atom stereocenters. The standard InChI is InChI=1S/C26H29FN2O.2ClH/c27-24-12-10-22(11-13-24)20-30-26-9-5-4-8-23(26)18-28-25-14-16-29(17-15-25)19-21-6-2-1-3-7-21;;/h1-13,25,28H,14-20H2;2*1H. The summed E-state index contributed by atoms with van der Waals surface area (Å²) in [5.74, 6) is 0.661. The lowest BCUT2D eigenvalue weighted by Crippen LogP contribution is -2.41. The van der Waals surface area contributed by atoms with Crippen molar-refractivity contribution in [3.05, 3.63) is 101 Å². The Hall–Kier alpha value is -2.11. The predicted octanol–water partition coefficient (Wildman–Crippen LogP) is 6.00. The first kappa shape index (κ1) is 26.1. The minimum absolute atomic E-state index is 0. The Balaban J connectivity index is 0.00000181. The van der Waals surface area contributed by atoms with Crippen LogP contribution >= 0.6 is 24.8 Å². The van der Waals surface area contributed by atoms with Gasteiger partial charge in [-0.1, -0.05) is 60.7 Å². The quantitative estimate of drug-likeness (QED) is 0.431. The molecule has 0 aromatic heterocycles. The van der Waals surface area contributed by atoms with Crippen LogP contribution in [0.5, 0.6) is 5.75 Å². The average molecular weight is 477 g/mol. The van der Waals surface area contributed by atoms with Gasteiger partial charge in [-0.05, 0) is 55.3 Å². The highest BCUT2D eigenvalue weighted by Gasteiger charge is 2.19. The highest BCUT2D eigenvalue weighted by molar-refractivity contribution is 5.85. The van der Waals surface area contributed by atoms with Gasteiger partial charge in [-0.25, -0.2) is 4.39 Å². The zero-order valence-electron chi connectivity index (χ0n) is 18.1. The van der Waals surface area contributed by atoms with Gasteiger partial charge in [0.1, 0.15) is 18.2 Å². The van der Waals surface area contributed by atoms with E-state index in [1.807, 2.05) is 18.2 Å². The van der Waals surface area contributed by atoms with E-state index in [0.29, 0.717) is 12.6 Å². The Morgan fingerprint density at radius 2 is 1.47 bits per heavy atom. The lowest BCUT2D eigenvalue weighted by atomic mass is 10.0. The van der Waals surface area contributed by atoms with E-state index in [2.05, 4.69) is 46.6 Å². The molecule has 0 bridgehead atoms. The predicted molar refractivity (Wildman–Crippen MR) is 133 cm³/mol. The summed E-state index contributed by atoms with van der Waals surface area (Å²) in [4.78, 5) is 2.53. The molecule has 0 saturated carbocycles. The second kappa shape index (κ2) is 13.4. The fourth-order valence-electron chi connectivity index (χ4n) is 3.92. The number of piperidine rings is 1. The van der Waals surface area contributed by atoms with Crippen molar-refractivity contribution in [2.45, 2.75) is 38.6 Å². The molecule has 1 saturated heterocycles. The zero-order chi connectivity index (χ0) is 20.6. The molecule has 3 aromatic carbocycles. The van der Waals surface area contributed by atoms with E-state index < -0.39 is 0 Å². The lowest BCUT2D eigenvalue weighted by molar-refractivity contribution is 0.189. The molecule has 0 amide bonds. The van der Waals surface area contributed by atoms with Crippen molar-refractivity contribution in [2.24, 2.45) is 0 Å². The minimum atomic E-state index is -0.224. The normalized spacial score (nSPS) is 14.3. The third kappa shape index (κ3) is 7.79. The molecular formula is C26H31Cl2FN2O. The first-order valence-electron chi connectivity index (χ1n) is 10.7. The molecule has 1 aliphatic heterocycles. The molecule has 0 radical (unpaired) electrons. The fourth-order valence-corrected chi connectivity index (χ4v) is 3.92. The van der Waals surface area contributed by atoms with E-state index in [4.69, 9.17) is 4.74 Å². The first-order valence-corrected chi connectivity index (χ1v) is 10.7. The highest BCUT2D eigenvalue weighted by atomic mass is 35.5. The number of nitrogens with one attached hydrogen (secondary N) is 1. The summed E-state index contributed by atoms with van der Waals surface area (Å²) in [6.07, 6.45) is 2.32. The number of ether oxygens (including phenoxy) is 1. The number of likely N-dealkylation sites (tertiary alicyclic amines) is 1. The molecule has 0 unspecified atom stereocenters. The van der Waals surface area contributed by atoms with Gasteiger partial charge < -0.3 is 10.1 Å². The van der Waals surface area contributed by atoms with Crippen LogP contribution in [0.25, 0.3) is 0 Å². The van der Waals surface area contributed by atoms with Crippen LogP contribution in [0.15, 0.2) is 78.9 Å². The van der Waals surface area contributed by atoms with Gasteiger partial charge in [0.15, 0.2) is 0 Å². The van der Waals surface area contributed by atoms with Crippen LogP contribution in [0.1, 0.15) is 29.5 Å². The van der Waals surface area contributed by atoms with Gasteiger partial charge >= 0.3 is 0 Å². The smallest absolute Gasteiger partial charge is 0.124 e. The van der Waals surface area contributed by atoms with Crippen LogP contribution in [0, 0.1) is 5.82 Å². The molecule has 1 aliphatic rings. The van der Waals surface area contributed by atoms with Crippen LogP contribution in [0.4, 0.5) is 4.39 Å². The van der Waals surface area contributed by atoms with E-state index in [1.165, 1.54) is 17.7 Å². The van der Waals surface area contributed by atoms with Crippen LogP contribution in [0.3, 0.4) is 0 Å². The summed E-state index contributed by atoms with van der Waals surface area (Å²) in [7, 11) is 0. The maximum absolute atomic E-state index is 13.1. The van der Waals surface area contributed by atoms with Gasteiger partial charge in [0.2, 0.25) is 0 Å². The Bertz CT molecular complexity index is 917. The molecule has 1 heterocycles. The van der Waals surface area contributed by atoms with E-state index >= 15 is 0 Å². The molecule has 3 aromatic rings. The number of hydrogen-bond donors (Lipinski definition) is 1. The summed E-state index contributed by atoms with van der Waals surface area (Å²) in [5.41, 5.74) is 3.51. The molecule has 3 nitrogen and oxygen atoms in total. The third-order valence-electron chi connectivity index (χ3n) is 5.70. The van der Waals surface area contributed by atoms with Crippen molar-refractivity contribution in [1.82, 2.24) is 10.2 Å². The third-order valence-corrected chi connectivity index (χ3v) is 5.70. The van der Waals surface area contributed by atoms with Crippen molar-refractivity contribution < 1.29 is 9.13 Å². The number of nitrogens with zero attached hydrogens (tertiary/aromatic N) is 1. The number of rotatable bonds is 8. The summed E-state index contributed by atoms with van der Waals surface area (Å²) in [6, 6.07) is 25.8. The molecule has 172 valence electrons. The maximum atomic E-state index is 13.1. The van der Waals surface area contributed by atoms with E-state index in [-0.39, 0.29) is 30.6 Å². The van der Waals surface area contributed by atoms with Gasteiger partial charge in [-0.2, -0.15) is 0 Å². The van der Waals surface area contributed by atoms with E-state index in [9.17, 15) is 4.39 Å². The van der Waals surface area contributed by atoms with Gasteiger partial charge in [0.05, 0.1) is 0 Å². The van der Waals surface area contributed by atoms with Crippen molar-refractivity contribution in [3.63, 3.8) is 0 Å². The molecule has 6 heteroatoms. The molecule has 0 aliphatic carbocycles.